The smallest absolute Gasteiger partial charge is 0.103 e. The van der Waals surface area contributed by atoms with Crippen molar-refractivity contribution in [2.24, 2.45) is 0 Å². The van der Waals surface area contributed by atoms with Crippen LogP contribution < -0.4 is 0 Å². The molecule has 1 heterocycles. The van der Waals surface area contributed by atoms with Crippen LogP contribution in [0.5, 0.6) is 0 Å². The fraction of sp³-hybridized carbons (Fsp3) is 0.500. The third kappa shape index (κ3) is 1.48. The van der Waals surface area contributed by atoms with E-state index in [0.29, 0.717) is 0 Å². The molecule has 1 aromatic rings. The minimum atomic E-state index is -0.605. The molecule has 0 fully saturated rings. The monoisotopic (exact) mass is 144 g/mol. The van der Waals surface area contributed by atoms with Crippen LogP contribution in [0.3, 0.4) is 0 Å². The molecule has 9 heavy (non-hydrogen) atoms. The van der Waals surface area contributed by atoms with E-state index >= 15 is 0 Å². The van der Waals surface area contributed by atoms with E-state index < -0.39 is 10.2 Å². The maximum atomic E-state index is 3.97. The molecule has 0 N–H and O–H groups in total. The van der Waals surface area contributed by atoms with E-state index in [9.17, 15) is 0 Å². The molecule has 0 atom stereocenters. The quantitative estimate of drug-likeness (QED) is 0.581. The minimum absolute atomic E-state index is 0.605. The maximum Gasteiger partial charge on any atom is 0.103 e. The second-order valence-electron chi connectivity index (χ2n) is 2.70. The number of aromatic nitrogens is 2. The first-order valence-corrected chi connectivity index (χ1v) is 5.59. The molecular formula is C6H12N2S. The molecule has 0 aliphatic heterocycles. The van der Waals surface area contributed by atoms with Crippen LogP contribution in [-0.2, 0) is 0 Å². The molecule has 2 nitrogen and oxygen atoms in total. The van der Waals surface area contributed by atoms with Crippen molar-refractivity contribution in [3.05, 3.63) is 18.7 Å². The highest BCUT2D eigenvalue weighted by molar-refractivity contribution is 8.30. The van der Waals surface area contributed by atoms with Crippen LogP contribution in [0, 0.1) is 0 Å². The van der Waals surface area contributed by atoms with Gasteiger partial charge in [0, 0.05) is 12.4 Å². The molecule has 0 saturated carbocycles. The molecule has 0 aromatic carbocycles. The van der Waals surface area contributed by atoms with E-state index in [0.717, 1.165) is 0 Å². The summed E-state index contributed by atoms with van der Waals surface area (Å²) in [6.07, 6.45) is 12.4. The lowest BCUT2D eigenvalue weighted by Crippen LogP contribution is -2.01. The van der Waals surface area contributed by atoms with E-state index in [4.69, 9.17) is 0 Å². The molecule has 1 rings (SSSR count). The van der Waals surface area contributed by atoms with Crippen molar-refractivity contribution in [1.82, 2.24) is 8.96 Å². The second kappa shape index (κ2) is 2.06. The fourth-order valence-electron chi connectivity index (χ4n) is 0.571. The van der Waals surface area contributed by atoms with Crippen molar-refractivity contribution in [2.75, 3.05) is 18.8 Å². The van der Waals surface area contributed by atoms with Gasteiger partial charge in [-0.05, 0) is 18.8 Å². The standard InChI is InChI=1S/C6H12N2S/c1-9(2,3)8-5-4-7-6-8/h4-6H,1-3H3. The van der Waals surface area contributed by atoms with Gasteiger partial charge >= 0.3 is 0 Å². The first kappa shape index (κ1) is 6.68. The Morgan fingerprint density at radius 2 is 2.00 bits per heavy atom. The average molecular weight is 144 g/mol. The lowest BCUT2D eigenvalue weighted by Gasteiger charge is -2.26. The average Bonchev–Trinajstić information content (AvgIpc) is 2.08. The predicted octanol–water partition coefficient (Wildman–Crippen LogP) is 1.34. The molecule has 0 bridgehead atoms. The molecular weight excluding hydrogens is 132 g/mol. The Morgan fingerprint density at radius 1 is 1.33 bits per heavy atom. The van der Waals surface area contributed by atoms with Gasteiger partial charge in [-0.3, -0.25) is 3.97 Å². The third-order valence-electron chi connectivity index (χ3n) is 1.11. The van der Waals surface area contributed by atoms with Gasteiger partial charge in [-0.15, -0.1) is 0 Å². The third-order valence-corrected chi connectivity index (χ3v) is 2.59. The Labute approximate surface area is 57.4 Å². The predicted molar refractivity (Wildman–Crippen MR) is 43.0 cm³/mol. The van der Waals surface area contributed by atoms with E-state index in [1.165, 1.54) is 0 Å². The summed E-state index contributed by atoms with van der Waals surface area (Å²) in [5, 5.41) is 0. The Kier molecular flexibility index (Phi) is 1.53. The van der Waals surface area contributed by atoms with Crippen LogP contribution >= 0.6 is 10.2 Å². The molecule has 0 saturated heterocycles. The summed E-state index contributed by atoms with van der Waals surface area (Å²) in [5.74, 6) is 0. The SMILES string of the molecule is CS(C)(C)n1ccnc1. The second-order valence-corrected chi connectivity index (χ2v) is 6.66. The van der Waals surface area contributed by atoms with Crippen molar-refractivity contribution >= 4 is 10.2 Å². The van der Waals surface area contributed by atoms with Crippen LogP contribution in [0.2, 0.25) is 0 Å². The fourth-order valence-corrected chi connectivity index (χ4v) is 1.33. The highest BCUT2D eigenvalue weighted by atomic mass is 32.3. The summed E-state index contributed by atoms with van der Waals surface area (Å²) in [5.41, 5.74) is 0. The summed E-state index contributed by atoms with van der Waals surface area (Å²) in [6, 6.07) is 0. The van der Waals surface area contributed by atoms with Gasteiger partial charge in [0.1, 0.15) is 6.33 Å². The van der Waals surface area contributed by atoms with Crippen LogP contribution in [0.4, 0.5) is 0 Å². The normalized spacial score (nSPS) is 13.7. The number of nitrogens with zero attached hydrogens (tertiary/aromatic N) is 2. The van der Waals surface area contributed by atoms with E-state index in [2.05, 4.69) is 27.7 Å². The van der Waals surface area contributed by atoms with Crippen molar-refractivity contribution in [1.29, 1.82) is 0 Å². The highest BCUT2D eigenvalue weighted by Crippen LogP contribution is 2.35. The first-order chi connectivity index (χ1) is 4.11. The maximum absolute atomic E-state index is 3.97. The molecule has 1 aromatic heterocycles. The summed E-state index contributed by atoms with van der Waals surface area (Å²) in [6.45, 7) is 0. The van der Waals surface area contributed by atoms with Gasteiger partial charge in [-0.1, -0.05) is 0 Å². The lowest BCUT2D eigenvalue weighted by molar-refractivity contribution is 1.21. The van der Waals surface area contributed by atoms with Crippen molar-refractivity contribution < 1.29 is 0 Å². The number of hydrogen-bond donors (Lipinski definition) is 0. The van der Waals surface area contributed by atoms with Crippen LogP contribution in [0.15, 0.2) is 18.7 Å². The van der Waals surface area contributed by atoms with E-state index in [1.807, 2.05) is 18.7 Å². The summed E-state index contributed by atoms with van der Waals surface area (Å²) in [7, 11) is -0.605. The van der Waals surface area contributed by atoms with Crippen LogP contribution in [-0.4, -0.2) is 27.7 Å². The van der Waals surface area contributed by atoms with Gasteiger partial charge in [0.15, 0.2) is 0 Å². The summed E-state index contributed by atoms with van der Waals surface area (Å²) >= 11 is 0. The first-order valence-electron chi connectivity index (χ1n) is 2.77. The van der Waals surface area contributed by atoms with Gasteiger partial charge in [-0.25, -0.2) is 4.98 Å². The van der Waals surface area contributed by atoms with Crippen molar-refractivity contribution in [2.45, 2.75) is 0 Å². The van der Waals surface area contributed by atoms with Crippen molar-refractivity contribution in [3.8, 4) is 0 Å². The lowest BCUT2D eigenvalue weighted by atomic mass is 11.0. The Balaban J connectivity index is 2.90. The molecule has 3 heteroatoms. The molecule has 0 spiro atoms. The van der Waals surface area contributed by atoms with Crippen LogP contribution in [0.25, 0.3) is 0 Å². The van der Waals surface area contributed by atoms with Crippen molar-refractivity contribution in [3.63, 3.8) is 0 Å². The molecule has 0 radical (unpaired) electrons. The number of rotatable bonds is 1. The molecule has 0 unspecified atom stereocenters. The van der Waals surface area contributed by atoms with Gasteiger partial charge in [0.2, 0.25) is 0 Å². The largest absolute Gasteiger partial charge is 0.300 e. The molecule has 0 aliphatic carbocycles. The van der Waals surface area contributed by atoms with Crippen LogP contribution in [0.1, 0.15) is 0 Å². The van der Waals surface area contributed by atoms with Gasteiger partial charge in [-0.2, -0.15) is 10.2 Å². The molecule has 0 aliphatic rings. The zero-order chi connectivity index (χ0) is 6.91. The van der Waals surface area contributed by atoms with Gasteiger partial charge in [0.25, 0.3) is 0 Å². The zero-order valence-electron chi connectivity index (χ0n) is 6.03. The highest BCUT2D eigenvalue weighted by Gasteiger charge is 2.02. The van der Waals surface area contributed by atoms with E-state index in [1.54, 1.807) is 0 Å². The summed E-state index contributed by atoms with van der Waals surface area (Å²) in [4.78, 5) is 3.97. The topological polar surface area (TPSA) is 17.8 Å². The Hall–Kier alpha value is -0.440. The van der Waals surface area contributed by atoms with E-state index in [-0.39, 0.29) is 0 Å². The number of imidazole rings is 1. The Bertz CT molecular complexity index is 173. The minimum Gasteiger partial charge on any atom is -0.300 e. The Morgan fingerprint density at radius 3 is 2.22 bits per heavy atom. The van der Waals surface area contributed by atoms with Gasteiger partial charge < -0.3 is 0 Å². The molecule has 0 amide bonds. The zero-order valence-corrected chi connectivity index (χ0v) is 6.85. The number of hydrogen-bond acceptors (Lipinski definition) is 1. The van der Waals surface area contributed by atoms with Gasteiger partial charge in [0.05, 0.1) is 0 Å². The summed E-state index contributed by atoms with van der Waals surface area (Å²) < 4.78 is 2.16. The molecule has 52 valence electrons.